The molecule has 23 heavy (non-hydrogen) atoms. The molecule has 1 aromatic carbocycles. The lowest BCUT2D eigenvalue weighted by molar-refractivity contribution is 0.173. The first-order valence-corrected chi connectivity index (χ1v) is 9.24. The van der Waals surface area contributed by atoms with E-state index in [2.05, 4.69) is 21.9 Å². The van der Waals surface area contributed by atoms with Crippen LogP contribution in [0.2, 0.25) is 0 Å². The fraction of sp³-hybridized carbons (Fsp3) is 0.684. The molecule has 0 spiro atoms. The van der Waals surface area contributed by atoms with Crippen molar-refractivity contribution >= 4 is 0 Å². The van der Waals surface area contributed by atoms with Gasteiger partial charge in [-0.05, 0) is 55.6 Å². The lowest BCUT2D eigenvalue weighted by Gasteiger charge is -2.33. The Balaban J connectivity index is 1.39. The fourth-order valence-corrected chi connectivity index (χ4v) is 3.93. The highest BCUT2D eigenvalue weighted by atomic mass is 16.5. The zero-order valence-electron chi connectivity index (χ0n) is 14.1. The van der Waals surface area contributed by atoms with Gasteiger partial charge in [0.15, 0.2) is 11.5 Å². The lowest BCUT2D eigenvalue weighted by Crippen LogP contribution is -2.39. The van der Waals surface area contributed by atoms with Crippen molar-refractivity contribution in [2.24, 2.45) is 0 Å². The highest BCUT2D eigenvalue weighted by Crippen LogP contribution is 2.35. The van der Waals surface area contributed by atoms with Crippen LogP contribution in [0.3, 0.4) is 0 Å². The first-order chi connectivity index (χ1) is 11.4. The average Bonchev–Trinajstić information content (AvgIpc) is 2.83. The van der Waals surface area contributed by atoms with Crippen molar-refractivity contribution < 1.29 is 9.47 Å². The van der Waals surface area contributed by atoms with E-state index in [1.54, 1.807) is 0 Å². The van der Waals surface area contributed by atoms with E-state index in [-0.39, 0.29) is 0 Å². The van der Waals surface area contributed by atoms with Crippen molar-refractivity contribution in [2.75, 3.05) is 45.9 Å². The Bertz CT molecular complexity index is 540. The molecule has 4 nitrogen and oxygen atoms in total. The Morgan fingerprint density at radius 3 is 2.22 bits per heavy atom. The molecule has 0 amide bonds. The third kappa shape index (κ3) is 3.64. The Labute approximate surface area is 139 Å². The first kappa shape index (κ1) is 15.3. The molecular formula is C19H28N2O2. The van der Waals surface area contributed by atoms with E-state index in [4.69, 9.17) is 9.47 Å². The van der Waals surface area contributed by atoms with E-state index in [0.717, 1.165) is 44.1 Å². The Morgan fingerprint density at radius 2 is 1.43 bits per heavy atom. The summed E-state index contributed by atoms with van der Waals surface area (Å²) in [7, 11) is 0. The van der Waals surface area contributed by atoms with E-state index in [9.17, 15) is 0 Å². The van der Waals surface area contributed by atoms with Crippen molar-refractivity contribution in [3.8, 4) is 11.5 Å². The molecule has 0 unspecified atom stereocenters. The van der Waals surface area contributed by atoms with Crippen LogP contribution in [-0.2, 0) is 13.0 Å². The van der Waals surface area contributed by atoms with Crippen molar-refractivity contribution in [1.82, 2.24) is 9.80 Å². The molecule has 0 saturated carbocycles. The van der Waals surface area contributed by atoms with Gasteiger partial charge in [0.2, 0.25) is 0 Å². The van der Waals surface area contributed by atoms with Gasteiger partial charge in [0.1, 0.15) is 0 Å². The Kier molecular flexibility index (Phi) is 4.72. The first-order valence-electron chi connectivity index (χ1n) is 9.24. The molecule has 1 saturated heterocycles. The molecule has 1 aromatic rings. The Hall–Kier alpha value is -1.26. The fourth-order valence-electron chi connectivity index (χ4n) is 3.93. The molecule has 0 aliphatic carbocycles. The zero-order chi connectivity index (χ0) is 15.5. The number of nitrogens with zero attached hydrogens (tertiary/aromatic N) is 2. The van der Waals surface area contributed by atoms with Crippen LogP contribution >= 0.6 is 0 Å². The van der Waals surface area contributed by atoms with Crippen molar-refractivity contribution in [3.05, 3.63) is 23.3 Å². The summed E-state index contributed by atoms with van der Waals surface area (Å²) in [5.41, 5.74) is 2.88. The number of hydrogen-bond acceptors (Lipinski definition) is 4. The van der Waals surface area contributed by atoms with Crippen LogP contribution in [0.4, 0.5) is 0 Å². The summed E-state index contributed by atoms with van der Waals surface area (Å²) in [5, 5.41) is 0. The maximum absolute atomic E-state index is 5.85. The van der Waals surface area contributed by atoms with E-state index in [1.807, 2.05) is 0 Å². The minimum Gasteiger partial charge on any atom is -0.490 e. The highest BCUT2D eigenvalue weighted by Gasteiger charge is 2.21. The monoisotopic (exact) mass is 316 g/mol. The summed E-state index contributed by atoms with van der Waals surface area (Å²) < 4.78 is 11.7. The third-order valence-corrected chi connectivity index (χ3v) is 5.34. The summed E-state index contributed by atoms with van der Waals surface area (Å²) in [6.07, 6.45) is 6.28. The molecule has 1 fully saturated rings. The number of hydrogen-bond donors (Lipinski definition) is 0. The van der Waals surface area contributed by atoms with E-state index in [1.165, 1.54) is 63.1 Å². The predicted octanol–water partition coefficient (Wildman–Crippen LogP) is 2.69. The standard InChI is InChI=1S/C19H28N2O2/c1-2-6-20(7-3-1)9-10-21-8-5-16-13-18-19(14-17(16)15-21)23-12-4-11-22-18/h13-14H,1-12,15H2. The molecule has 4 rings (SSSR count). The third-order valence-electron chi connectivity index (χ3n) is 5.34. The van der Waals surface area contributed by atoms with Gasteiger partial charge in [-0.3, -0.25) is 4.90 Å². The summed E-state index contributed by atoms with van der Waals surface area (Å²) in [6, 6.07) is 4.45. The van der Waals surface area contributed by atoms with Crippen LogP contribution in [0, 0.1) is 0 Å². The van der Waals surface area contributed by atoms with Crippen molar-refractivity contribution in [3.63, 3.8) is 0 Å². The summed E-state index contributed by atoms with van der Waals surface area (Å²) >= 11 is 0. The SMILES string of the molecule is c1c2c(cc3c1OCCCO3)CN(CCN1CCCCC1)CC2. The minimum absolute atomic E-state index is 0.768. The predicted molar refractivity (Wildman–Crippen MR) is 91.3 cm³/mol. The number of piperidine rings is 1. The lowest BCUT2D eigenvalue weighted by atomic mass is 9.99. The number of likely N-dealkylation sites (tertiary alicyclic amines) is 1. The van der Waals surface area contributed by atoms with Crippen LogP contribution in [0.1, 0.15) is 36.8 Å². The zero-order valence-corrected chi connectivity index (χ0v) is 14.1. The largest absolute Gasteiger partial charge is 0.490 e. The second-order valence-corrected chi connectivity index (χ2v) is 7.05. The van der Waals surface area contributed by atoms with Gasteiger partial charge in [-0.1, -0.05) is 6.42 Å². The van der Waals surface area contributed by atoms with Crippen LogP contribution in [0.5, 0.6) is 11.5 Å². The normalized spacial score (nSPS) is 22.4. The van der Waals surface area contributed by atoms with Crippen molar-refractivity contribution in [1.29, 1.82) is 0 Å². The second-order valence-electron chi connectivity index (χ2n) is 7.05. The van der Waals surface area contributed by atoms with Crippen LogP contribution in [0.25, 0.3) is 0 Å². The van der Waals surface area contributed by atoms with Gasteiger partial charge in [-0.15, -0.1) is 0 Å². The van der Waals surface area contributed by atoms with Crippen LogP contribution in [-0.4, -0.2) is 55.7 Å². The maximum atomic E-state index is 5.85. The van der Waals surface area contributed by atoms with Crippen molar-refractivity contribution in [2.45, 2.75) is 38.6 Å². The van der Waals surface area contributed by atoms with Crippen LogP contribution in [0.15, 0.2) is 12.1 Å². The number of rotatable bonds is 3. The smallest absolute Gasteiger partial charge is 0.161 e. The molecule has 126 valence electrons. The molecule has 3 aliphatic rings. The van der Waals surface area contributed by atoms with E-state index >= 15 is 0 Å². The second kappa shape index (κ2) is 7.10. The number of benzene rings is 1. The van der Waals surface area contributed by atoms with Gasteiger partial charge in [-0.2, -0.15) is 0 Å². The quantitative estimate of drug-likeness (QED) is 0.856. The maximum Gasteiger partial charge on any atom is 0.161 e. The van der Waals surface area contributed by atoms with Gasteiger partial charge in [0.25, 0.3) is 0 Å². The highest BCUT2D eigenvalue weighted by molar-refractivity contribution is 5.48. The molecular weight excluding hydrogens is 288 g/mol. The molecule has 0 N–H and O–H groups in total. The van der Waals surface area contributed by atoms with Gasteiger partial charge in [0, 0.05) is 32.6 Å². The molecule has 3 aliphatic heterocycles. The number of fused-ring (bicyclic) bond motifs is 2. The van der Waals surface area contributed by atoms with Gasteiger partial charge in [-0.25, -0.2) is 0 Å². The van der Waals surface area contributed by atoms with Crippen LogP contribution < -0.4 is 9.47 Å². The summed E-state index contributed by atoms with van der Waals surface area (Å²) in [5.74, 6) is 1.89. The molecule has 0 aromatic heterocycles. The molecule has 0 radical (unpaired) electrons. The molecule has 4 heteroatoms. The molecule has 0 atom stereocenters. The van der Waals surface area contributed by atoms with Gasteiger partial charge >= 0.3 is 0 Å². The molecule has 3 heterocycles. The van der Waals surface area contributed by atoms with E-state index in [0.29, 0.717) is 0 Å². The minimum atomic E-state index is 0.768. The Morgan fingerprint density at radius 1 is 0.739 bits per heavy atom. The topological polar surface area (TPSA) is 24.9 Å². The molecule has 0 bridgehead atoms. The van der Waals surface area contributed by atoms with Gasteiger partial charge < -0.3 is 14.4 Å². The average molecular weight is 316 g/mol. The summed E-state index contributed by atoms with van der Waals surface area (Å²) in [6.45, 7) is 8.76. The van der Waals surface area contributed by atoms with E-state index < -0.39 is 0 Å². The number of ether oxygens (including phenoxy) is 2. The van der Waals surface area contributed by atoms with Gasteiger partial charge in [0.05, 0.1) is 13.2 Å². The summed E-state index contributed by atoms with van der Waals surface area (Å²) in [4.78, 5) is 5.23.